The lowest BCUT2D eigenvalue weighted by molar-refractivity contribution is -0.116. The molecular formula is C14H21N3O. The number of rotatable bonds is 9. The van der Waals surface area contributed by atoms with Crippen molar-refractivity contribution in [1.29, 1.82) is 0 Å². The molecule has 0 amide bonds. The molecule has 98 valence electrons. The average Bonchev–Trinajstić information content (AvgIpc) is 2.87. The summed E-state index contributed by atoms with van der Waals surface area (Å²) in [4.78, 5) is 14.3. The fraction of sp³-hybridized carbons (Fsp3) is 0.571. The Hall–Kier alpha value is -1.67. The summed E-state index contributed by atoms with van der Waals surface area (Å²) in [5.41, 5.74) is 8.37. The molecule has 1 rings (SSSR count). The van der Waals surface area contributed by atoms with Crippen molar-refractivity contribution in [3.8, 4) is 0 Å². The Bertz CT molecular complexity index is 391. The van der Waals surface area contributed by atoms with E-state index in [1.165, 1.54) is 19.3 Å². The predicted molar refractivity (Wildman–Crippen MR) is 71.5 cm³/mol. The lowest BCUT2D eigenvalue weighted by Crippen LogP contribution is -2.13. The maximum atomic E-state index is 11.5. The monoisotopic (exact) mass is 247 g/mol. The third-order valence-corrected chi connectivity index (χ3v) is 3.08. The van der Waals surface area contributed by atoms with Crippen LogP contribution in [0.25, 0.3) is 5.53 Å². The van der Waals surface area contributed by atoms with E-state index in [4.69, 9.17) is 5.53 Å². The molecule has 0 radical (unpaired) electrons. The van der Waals surface area contributed by atoms with Gasteiger partial charge < -0.3 is 10.1 Å². The van der Waals surface area contributed by atoms with Gasteiger partial charge in [-0.1, -0.05) is 32.6 Å². The van der Waals surface area contributed by atoms with Gasteiger partial charge in [-0.15, -0.1) is 0 Å². The van der Waals surface area contributed by atoms with Crippen molar-refractivity contribution in [3.05, 3.63) is 30.1 Å². The van der Waals surface area contributed by atoms with E-state index in [1.807, 2.05) is 24.5 Å². The highest BCUT2D eigenvalue weighted by atomic mass is 16.1. The first-order chi connectivity index (χ1) is 8.77. The van der Waals surface area contributed by atoms with Crippen LogP contribution in [0.5, 0.6) is 0 Å². The molecule has 0 aliphatic rings. The molecule has 18 heavy (non-hydrogen) atoms. The van der Waals surface area contributed by atoms with Crippen molar-refractivity contribution in [2.24, 2.45) is 0 Å². The topological polar surface area (TPSA) is 58.4 Å². The third-order valence-electron chi connectivity index (χ3n) is 3.08. The Labute approximate surface area is 108 Å². The number of carbonyl (C=O) groups is 1. The van der Waals surface area contributed by atoms with Crippen LogP contribution in [0.1, 0.15) is 51.5 Å². The Morgan fingerprint density at radius 3 is 2.67 bits per heavy atom. The standard InChI is InChI=1S/C14H21N3O/c1-2-3-4-5-8-13(11-14(18)12-16-15)17-9-6-7-10-17/h6-7,9-10,12-13H,2-5,8,11H2,1H3/t13-/m1/s1. The minimum Gasteiger partial charge on any atom is -0.361 e. The fourth-order valence-corrected chi connectivity index (χ4v) is 2.10. The molecule has 0 bridgehead atoms. The van der Waals surface area contributed by atoms with Crippen molar-refractivity contribution in [2.75, 3.05) is 0 Å². The van der Waals surface area contributed by atoms with E-state index in [0.29, 0.717) is 6.42 Å². The molecule has 4 nitrogen and oxygen atoms in total. The summed E-state index contributed by atoms with van der Waals surface area (Å²) in [7, 11) is 0. The van der Waals surface area contributed by atoms with E-state index in [9.17, 15) is 4.79 Å². The van der Waals surface area contributed by atoms with Crippen LogP contribution in [0.4, 0.5) is 0 Å². The highest BCUT2D eigenvalue weighted by Crippen LogP contribution is 2.20. The summed E-state index contributed by atoms with van der Waals surface area (Å²) in [5.74, 6) is -0.133. The molecule has 0 aliphatic carbocycles. The van der Waals surface area contributed by atoms with Gasteiger partial charge in [-0.25, -0.2) is 0 Å². The van der Waals surface area contributed by atoms with Gasteiger partial charge in [0, 0.05) is 24.9 Å². The molecule has 1 aromatic heterocycles. The van der Waals surface area contributed by atoms with Crippen molar-refractivity contribution in [2.45, 2.75) is 51.5 Å². The Morgan fingerprint density at radius 2 is 2.06 bits per heavy atom. The largest absolute Gasteiger partial charge is 0.361 e. The van der Waals surface area contributed by atoms with Crippen molar-refractivity contribution in [1.82, 2.24) is 4.57 Å². The number of hydrogen-bond acceptors (Lipinski definition) is 1. The maximum Gasteiger partial charge on any atom is 0.323 e. The second-order valence-corrected chi connectivity index (χ2v) is 4.55. The average molecular weight is 247 g/mol. The van der Waals surface area contributed by atoms with Gasteiger partial charge in [0.05, 0.1) is 0 Å². The quantitative estimate of drug-likeness (QED) is 0.286. The van der Waals surface area contributed by atoms with Gasteiger partial charge in [0.25, 0.3) is 0 Å². The number of Topliss-reactive ketones (excluding diaryl/α,β-unsaturated/α-hetero) is 1. The van der Waals surface area contributed by atoms with Gasteiger partial charge in [0.2, 0.25) is 5.78 Å². The number of ketones is 1. The minimum atomic E-state index is -0.133. The lowest BCUT2D eigenvalue weighted by Gasteiger charge is -2.16. The number of carbonyl (C=O) groups excluding carboxylic acids is 1. The van der Waals surface area contributed by atoms with Crippen LogP contribution < -0.4 is 0 Å². The molecule has 0 saturated heterocycles. The summed E-state index contributed by atoms with van der Waals surface area (Å²) in [6.07, 6.45) is 11.1. The van der Waals surface area contributed by atoms with Gasteiger partial charge in [-0.2, -0.15) is 4.79 Å². The Kier molecular flexibility index (Phi) is 6.74. The smallest absolute Gasteiger partial charge is 0.323 e. The molecule has 0 fully saturated rings. The SMILES string of the molecule is CCCCCC[C@H](CC(=O)C=[N+]=[N-])n1cccc1. The predicted octanol–water partition coefficient (Wildman–Crippen LogP) is 3.26. The molecule has 0 spiro atoms. The van der Waals surface area contributed by atoms with Gasteiger partial charge in [0.15, 0.2) is 0 Å². The fourth-order valence-electron chi connectivity index (χ4n) is 2.10. The van der Waals surface area contributed by atoms with Crippen LogP contribution in [0.2, 0.25) is 0 Å². The molecule has 4 heteroatoms. The summed E-state index contributed by atoms with van der Waals surface area (Å²) in [5, 5.41) is 0. The number of unbranched alkanes of at least 4 members (excludes halogenated alkanes) is 3. The van der Waals surface area contributed by atoms with E-state index in [0.717, 1.165) is 19.1 Å². The molecular weight excluding hydrogens is 226 g/mol. The van der Waals surface area contributed by atoms with Gasteiger partial charge in [-0.05, 0) is 18.6 Å². The molecule has 0 N–H and O–H groups in total. The van der Waals surface area contributed by atoms with E-state index in [-0.39, 0.29) is 11.8 Å². The minimum absolute atomic E-state index is 0.133. The summed E-state index contributed by atoms with van der Waals surface area (Å²) >= 11 is 0. The zero-order valence-electron chi connectivity index (χ0n) is 11.0. The summed E-state index contributed by atoms with van der Waals surface area (Å²) in [6, 6.07) is 4.09. The zero-order chi connectivity index (χ0) is 13.2. The highest BCUT2D eigenvalue weighted by Gasteiger charge is 2.15. The summed E-state index contributed by atoms with van der Waals surface area (Å²) in [6.45, 7) is 2.19. The first-order valence-electron chi connectivity index (χ1n) is 6.60. The second-order valence-electron chi connectivity index (χ2n) is 4.55. The van der Waals surface area contributed by atoms with Crippen LogP contribution in [-0.2, 0) is 4.79 Å². The van der Waals surface area contributed by atoms with E-state index < -0.39 is 0 Å². The lowest BCUT2D eigenvalue weighted by atomic mass is 10.0. The molecule has 0 aliphatic heterocycles. The summed E-state index contributed by atoms with van der Waals surface area (Å²) < 4.78 is 2.06. The van der Waals surface area contributed by atoms with Crippen molar-refractivity contribution < 1.29 is 9.58 Å². The van der Waals surface area contributed by atoms with E-state index in [1.54, 1.807) is 0 Å². The van der Waals surface area contributed by atoms with E-state index in [2.05, 4.69) is 16.3 Å². The highest BCUT2D eigenvalue weighted by molar-refractivity contribution is 6.25. The first kappa shape index (κ1) is 14.4. The molecule has 0 unspecified atom stereocenters. The first-order valence-corrected chi connectivity index (χ1v) is 6.60. The van der Waals surface area contributed by atoms with Gasteiger partial charge >= 0.3 is 6.21 Å². The molecule has 1 aromatic rings. The maximum absolute atomic E-state index is 11.5. The van der Waals surface area contributed by atoms with Crippen LogP contribution in [0.3, 0.4) is 0 Å². The van der Waals surface area contributed by atoms with Crippen molar-refractivity contribution >= 4 is 12.0 Å². The zero-order valence-corrected chi connectivity index (χ0v) is 11.0. The van der Waals surface area contributed by atoms with Gasteiger partial charge in [0.1, 0.15) is 0 Å². The van der Waals surface area contributed by atoms with Crippen LogP contribution >= 0.6 is 0 Å². The second kappa shape index (κ2) is 8.43. The Morgan fingerprint density at radius 1 is 1.33 bits per heavy atom. The number of hydrogen-bond donors (Lipinski definition) is 0. The normalized spacial score (nSPS) is 11.8. The number of nitrogens with zero attached hydrogens (tertiary/aromatic N) is 3. The Balaban J connectivity index is 2.53. The van der Waals surface area contributed by atoms with Gasteiger partial charge in [-0.3, -0.25) is 4.79 Å². The van der Waals surface area contributed by atoms with Crippen molar-refractivity contribution in [3.63, 3.8) is 0 Å². The molecule has 0 saturated carbocycles. The van der Waals surface area contributed by atoms with Crippen LogP contribution in [0.15, 0.2) is 24.5 Å². The molecule has 0 aromatic carbocycles. The van der Waals surface area contributed by atoms with Crippen LogP contribution in [0, 0.1) is 0 Å². The molecule has 1 atom stereocenters. The van der Waals surface area contributed by atoms with Crippen LogP contribution in [-0.4, -0.2) is 21.4 Å². The number of aromatic nitrogens is 1. The third kappa shape index (κ3) is 5.11. The van der Waals surface area contributed by atoms with E-state index >= 15 is 0 Å². The molecule has 1 heterocycles.